The predicted molar refractivity (Wildman–Crippen MR) is 162 cm³/mol. The van der Waals surface area contributed by atoms with Crippen LogP contribution in [0.1, 0.15) is 65.9 Å². The second-order valence-electron chi connectivity index (χ2n) is 12.3. The Balaban J connectivity index is 1.65. The minimum atomic E-state index is -1.91. The van der Waals surface area contributed by atoms with Crippen molar-refractivity contribution < 1.29 is 0 Å². The zero-order valence-corrected chi connectivity index (χ0v) is 25.0. The monoisotopic (exact) mass is 515 g/mol. The van der Waals surface area contributed by atoms with E-state index in [4.69, 9.17) is 0 Å². The van der Waals surface area contributed by atoms with Crippen molar-refractivity contribution in [2.24, 2.45) is 7.05 Å². The van der Waals surface area contributed by atoms with Crippen LogP contribution in [0.2, 0.25) is 16.6 Å². The second-order valence-corrected chi connectivity index (χ2v) is 18.0. The molecule has 198 valence electrons. The Morgan fingerprint density at radius 3 is 2.05 bits per heavy atom. The SMILES string of the molecule is CC(C)[Si](C(C)C)(C(C)C)n1cc(C2CCN(C)CC2)c2ccc(Nc3ccc4ncn(C)c4c3)cc21. The molecule has 3 heterocycles. The Hall–Kier alpha value is -2.57. The van der Waals surface area contributed by atoms with Crippen molar-refractivity contribution in [3.8, 4) is 0 Å². The van der Waals surface area contributed by atoms with Gasteiger partial charge in [-0.3, -0.25) is 0 Å². The fraction of sp³-hybridized carbons (Fsp3) is 0.516. The number of fused-ring (bicyclic) bond motifs is 2. The summed E-state index contributed by atoms with van der Waals surface area (Å²) < 4.78 is 4.90. The largest absolute Gasteiger partial charge is 0.373 e. The molecule has 6 heteroatoms. The molecule has 0 bridgehead atoms. The van der Waals surface area contributed by atoms with Gasteiger partial charge in [0, 0.05) is 29.3 Å². The zero-order valence-electron chi connectivity index (χ0n) is 24.0. The van der Waals surface area contributed by atoms with Gasteiger partial charge in [-0.1, -0.05) is 47.6 Å². The Morgan fingerprint density at radius 2 is 1.43 bits per heavy atom. The second kappa shape index (κ2) is 9.95. The fourth-order valence-corrected chi connectivity index (χ4v) is 14.1. The van der Waals surface area contributed by atoms with E-state index in [9.17, 15) is 0 Å². The van der Waals surface area contributed by atoms with Crippen molar-refractivity contribution in [1.82, 2.24) is 18.7 Å². The van der Waals surface area contributed by atoms with Gasteiger partial charge in [0.2, 0.25) is 0 Å². The molecular formula is C31H45N5Si. The van der Waals surface area contributed by atoms with Crippen molar-refractivity contribution in [2.45, 2.75) is 76.9 Å². The quantitative estimate of drug-likeness (QED) is 0.253. The van der Waals surface area contributed by atoms with Crippen LogP contribution >= 0.6 is 0 Å². The summed E-state index contributed by atoms with van der Waals surface area (Å²) in [6.45, 7) is 17.2. The number of nitrogens with zero attached hydrogens (tertiary/aromatic N) is 4. The average molecular weight is 516 g/mol. The van der Waals surface area contributed by atoms with E-state index in [2.05, 4.69) is 122 Å². The summed E-state index contributed by atoms with van der Waals surface area (Å²) in [6.07, 6.45) is 6.99. The van der Waals surface area contributed by atoms with Gasteiger partial charge in [-0.2, -0.15) is 0 Å². The van der Waals surface area contributed by atoms with E-state index in [0.717, 1.165) is 22.4 Å². The highest BCUT2D eigenvalue weighted by atomic mass is 28.3. The number of hydrogen-bond acceptors (Lipinski definition) is 3. The highest BCUT2D eigenvalue weighted by Crippen LogP contribution is 2.46. The van der Waals surface area contributed by atoms with Gasteiger partial charge in [-0.05, 0) is 97.6 Å². The van der Waals surface area contributed by atoms with E-state index in [-0.39, 0.29) is 0 Å². The molecule has 4 aromatic rings. The molecule has 1 N–H and O–H groups in total. The summed E-state index contributed by atoms with van der Waals surface area (Å²) >= 11 is 0. The molecule has 37 heavy (non-hydrogen) atoms. The minimum Gasteiger partial charge on any atom is -0.373 e. The summed E-state index contributed by atoms with van der Waals surface area (Å²) in [6, 6.07) is 13.5. The number of aryl methyl sites for hydroxylation is 1. The minimum absolute atomic E-state index is 0.643. The van der Waals surface area contributed by atoms with Crippen molar-refractivity contribution in [3.63, 3.8) is 0 Å². The van der Waals surface area contributed by atoms with E-state index in [1.165, 1.54) is 36.8 Å². The van der Waals surface area contributed by atoms with Crippen molar-refractivity contribution >= 4 is 41.5 Å². The first kappa shape index (κ1) is 26.1. The third-order valence-corrected chi connectivity index (χ3v) is 16.0. The molecule has 0 unspecified atom stereocenters. The molecule has 0 amide bonds. The molecule has 1 aliphatic heterocycles. The molecule has 1 fully saturated rings. The predicted octanol–water partition coefficient (Wildman–Crippen LogP) is 8.10. The number of nitrogens with one attached hydrogen (secondary N) is 1. The number of anilines is 2. The van der Waals surface area contributed by atoms with Gasteiger partial charge in [0.1, 0.15) is 0 Å². The van der Waals surface area contributed by atoms with Crippen LogP contribution in [0.4, 0.5) is 11.4 Å². The first-order valence-electron chi connectivity index (χ1n) is 14.1. The van der Waals surface area contributed by atoms with Crippen LogP contribution in [0.25, 0.3) is 21.9 Å². The number of likely N-dealkylation sites (tertiary alicyclic amines) is 1. The highest BCUT2D eigenvalue weighted by molar-refractivity contribution is 6.82. The molecule has 1 aliphatic rings. The standard InChI is InChI=1S/C31H45N5Si/c1-21(2)37(22(3)4,23(5)6)36-19-28(24-13-15-34(7)16-14-24)27-11-9-25(17-30(27)36)33-26-10-12-29-31(18-26)35(8)20-32-29/h9-12,17-24,33H,13-16H2,1-8H3. The van der Waals surface area contributed by atoms with Gasteiger partial charge in [0.15, 0.2) is 8.24 Å². The number of piperidine rings is 1. The highest BCUT2D eigenvalue weighted by Gasteiger charge is 2.46. The number of imidazole rings is 1. The topological polar surface area (TPSA) is 38.0 Å². The van der Waals surface area contributed by atoms with Crippen LogP contribution in [0, 0.1) is 0 Å². The summed E-state index contributed by atoms with van der Waals surface area (Å²) in [5.74, 6) is 0.643. The maximum atomic E-state index is 4.48. The number of rotatable bonds is 7. The first-order valence-corrected chi connectivity index (χ1v) is 16.3. The molecule has 5 nitrogen and oxygen atoms in total. The van der Waals surface area contributed by atoms with E-state index < -0.39 is 8.24 Å². The van der Waals surface area contributed by atoms with E-state index >= 15 is 0 Å². The number of benzene rings is 2. The van der Waals surface area contributed by atoms with Crippen LogP contribution < -0.4 is 5.32 Å². The molecule has 0 spiro atoms. The molecule has 5 rings (SSSR count). The lowest BCUT2D eigenvalue weighted by Gasteiger charge is -2.44. The summed E-state index contributed by atoms with van der Waals surface area (Å²) in [5, 5.41) is 5.18. The van der Waals surface area contributed by atoms with Gasteiger partial charge in [0.05, 0.1) is 17.4 Å². The Kier molecular flexibility index (Phi) is 7.01. The zero-order chi connectivity index (χ0) is 26.5. The van der Waals surface area contributed by atoms with Crippen molar-refractivity contribution in [2.75, 3.05) is 25.5 Å². The third kappa shape index (κ3) is 4.42. The van der Waals surface area contributed by atoms with Crippen LogP contribution in [0.5, 0.6) is 0 Å². The van der Waals surface area contributed by atoms with Crippen LogP contribution in [-0.4, -0.2) is 47.1 Å². The van der Waals surface area contributed by atoms with Gasteiger partial charge in [-0.25, -0.2) is 4.98 Å². The molecule has 0 saturated carbocycles. The average Bonchev–Trinajstić information content (AvgIpc) is 3.40. The van der Waals surface area contributed by atoms with E-state index in [1.807, 2.05) is 6.33 Å². The molecule has 2 aromatic carbocycles. The fourth-order valence-electron chi connectivity index (χ4n) is 7.50. The Bertz CT molecular complexity index is 1370. The summed E-state index contributed by atoms with van der Waals surface area (Å²) in [7, 11) is 2.40. The molecule has 0 aliphatic carbocycles. The van der Waals surface area contributed by atoms with Crippen LogP contribution in [0.15, 0.2) is 48.9 Å². The third-order valence-electron chi connectivity index (χ3n) is 9.20. The molecular weight excluding hydrogens is 470 g/mol. The lowest BCUT2D eigenvalue weighted by molar-refractivity contribution is 0.256. The van der Waals surface area contributed by atoms with Crippen molar-refractivity contribution in [1.29, 1.82) is 0 Å². The normalized spacial score (nSPS) is 16.2. The molecule has 0 atom stereocenters. The van der Waals surface area contributed by atoms with Crippen LogP contribution in [0.3, 0.4) is 0 Å². The first-order chi connectivity index (χ1) is 17.6. The molecule has 1 saturated heterocycles. The Labute approximate surface area is 224 Å². The maximum Gasteiger partial charge on any atom is 0.169 e. The van der Waals surface area contributed by atoms with Crippen LogP contribution in [-0.2, 0) is 7.05 Å². The summed E-state index contributed by atoms with van der Waals surface area (Å²) in [4.78, 5) is 6.96. The maximum absolute atomic E-state index is 4.48. The van der Waals surface area contributed by atoms with Gasteiger partial charge >= 0.3 is 0 Å². The lowest BCUT2D eigenvalue weighted by atomic mass is 9.89. The van der Waals surface area contributed by atoms with Gasteiger partial charge in [-0.15, -0.1) is 0 Å². The Morgan fingerprint density at radius 1 is 0.838 bits per heavy atom. The molecule has 0 radical (unpaired) electrons. The number of hydrogen-bond donors (Lipinski definition) is 1. The smallest absolute Gasteiger partial charge is 0.169 e. The lowest BCUT2D eigenvalue weighted by Crippen LogP contribution is -2.51. The summed E-state index contributed by atoms with van der Waals surface area (Å²) in [5.41, 5.74) is 9.37. The van der Waals surface area contributed by atoms with Gasteiger partial charge < -0.3 is 19.0 Å². The van der Waals surface area contributed by atoms with Crippen molar-refractivity contribution in [3.05, 3.63) is 54.5 Å². The van der Waals surface area contributed by atoms with Gasteiger partial charge in [0.25, 0.3) is 0 Å². The van der Waals surface area contributed by atoms with E-state index in [1.54, 1.807) is 5.56 Å². The molecule has 2 aromatic heterocycles. The van der Waals surface area contributed by atoms with E-state index in [0.29, 0.717) is 22.5 Å². The number of aromatic nitrogens is 3.